The molecule has 0 spiro atoms. The molecule has 1 aliphatic carbocycles. The van der Waals surface area contributed by atoms with Crippen molar-refractivity contribution in [2.24, 2.45) is 5.92 Å². The molecule has 2 N–H and O–H groups in total. The van der Waals surface area contributed by atoms with E-state index in [1.165, 1.54) is 62.6 Å². The number of amides is 2. The van der Waals surface area contributed by atoms with Gasteiger partial charge in [0, 0.05) is 37.4 Å². The van der Waals surface area contributed by atoms with E-state index < -0.39 is 0 Å². The van der Waals surface area contributed by atoms with E-state index in [9.17, 15) is 14.3 Å². The molecule has 0 aromatic heterocycles. The molecule has 0 radical (unpaired) electrons. The predicted molar refractivity (Wildman–Crippen MR) is 137 cm³/mol. The molecule has 2 aromatic carbocycles. The topological polar surface area (TPSA) is 55.8 Å². The summed E-state index contributed by atoms with van der Waals surface area (Å²) in [5.41, 5.74) is 1.76. The summed E-state index contributed by atoms with van der Waals surface area (Å²) in [6, 6.07) is 14.8. The molecule has 2 aliphatic heterocycles. The van der Waals surface area contributed by atoms with Crippen molar-refractivity contribution in [3.8, 4) is 5.75 Å². The molecule has 2 heterocycles. The maximum atomic E-state index is 13.7. The van der Waals surface area contributed by atoms with E-state index in [-0.39, 0.29) is 11.8 Å². The Kier molecular flexibility index (Phi) is 7.57. The molecule has 188 valence electrons. The minimum Gasteiger partial charge on any atom is -0.508 e. The zero-order chi connectivity index (χ0) is 24.2. The smallest absolute Gasteiger partial charge is 0.321 e. The molecule has 2 saturated heterocycles. The Bertz CT molecular complexity index is 995. The molecule has 6 heteroatoms. The van der Waals surface area contributed by atoms with Crippen molar-refractivity contribution in [2.45, 2.75) is 75.8 Å². The molecular formula is C29H38FN3O2. The molecule has 0 unspecified atom stereocenters. The van der Waals surface area contributed by atoms with Gasteiger partial charge in [0.15, 0.2) is 0 Å². The quantitative estimate of drug-likeness (QED) is 0.486. The summed E-state index contributed by atoms with van der Waals surface area (Å²) >= 11 is 0. The second-order valence-corrected chi connectivity index (χ2v) is 10.8. The average Bonchev–Trinajstić information content (AvgIpc) is 3.08. The van der Waals surface area contributed by atoms with Gasteiger partial charge in [0.05, 0.1) is 0 Å². The summed E-state index contributed by atoms with van der Waals surface area (Å²) in [6.07, 6.45) is 10.8. The van der Waals surface area contributed by atoms with Gasteiger partial charge in [-0.05, 0) is 86.3 Å². The second-order valence-electron chi connectivity index (χ2n) is 10.8. The maximum absolute atomic E-state index is 13.7. The average molecular weight is 480 g/mol. The highest BCUT2D eigenvalue weighted by molar-refractivity contribution is 5.89. The van der Waals surface area contributed by atoms with Gasteiger partial charge in [-0.3, -0.25) is 4.90 Å². The summed E-state index contributed by atoms with van der Waals surface area (Å²) < 4.78 is 13.7. The number of carbonyl (C=O) groups excluding carboxylic acids is 1. The fourth-order valence-corrected chi connectivity index (χ4v) is 6.65. The Morgan fingerprint density at radius 3 is 2.46 bits per heavy atom. The minimum atomic E-state index is -0.340. The molecule has 2 bridgehead atoms. The fraction of sp³-hybridized carbons (Fsp3) is 0.552. The number of hydrogen-bond acceptors (Lipinski definition) is 3. The minimum absolute atomic E-state index is 0.122. The van der Waals surface area contributed by atoms with Gasteiger partial charge in [-0.25, -0.2) is 9.18 Å². The van der Waals surface area contributed by atoms with Crippen LogP contribution in [0.25, 0.3) is 0 Å². The van der Waals surface area contributed by atoms with Crippen molar-refractivity contribution in [2.75, 3.05) is 25.0 Å². The molecule has 2 amide bonds. The van der Waals surface area contributed by atoms with Crippen LogP contribution >= 0.6 is 0 Å². The van der Waals surface area contributed by atoms with Crippen molar-refractivity contribution < 1.29 is 14.3 Å². The van der Waals surface area contributed by atoms with Crippen LogP contribution in [0.5, 0.6) is 5.75 Å². The SMILES string of the molecule is O=C(Nc1cccc(F)c1)N(CCN1[C@@H]2CC[C@H]1C[C@@H](c1cccc(O)c1)C2)CC1CCCCC1. The summed E-state index contributed by atoms with van der Waals surface area (Å²) in [4.78, 5) is 17.9. The van der Waals surface area contributed by atoms with Crippen LogP contribution in [-0.2, 0) is 0 Å². The Morgan fingerprint density at radius 2 is 1.74 bits per heavy atom. The van der Waals surface area contributed by atoms with Crippen molar-refractivity contribution in [3.05, 3.63) is 59.9 Å². The van der Waals surface area contributed by atoms with Crippen molar-refractivity contribution in [3.63, 3.8) is 0 Å². The number of anilines is 1. The zero-order valence-electron chi connectivity index (χ0n) is 20.5. The molecule has 3 fully saturated rings. The number of rotatable bonds is 7. The first-order valence-electron chi connectivity index (χ1n) is 13.4. The molecule has 3 aliphatic rings. The van der Waals surface area contributed by atoms with Crippen LogP contribution in [0.4, 0.5) is 14.9 Å². The third-order valence-electron chi connectivity index (χ3n) is 8.42. The van der Waals surface area contributed by atoms with Crippen LogP contribution in [0.2, 0.25) is 0 Å². The highest BCUT2D eigenvalue weighted by Crippen LogP contribution is 2.43. The standard InChI is InChI=1S/C29H38FN3O2/c30-24-9-5-10-25(19-24)31-29(35)32(20-21-6-2-1-3-7-21)14-15-33-26-12-13-27(33)17-23(16-26)22-8-4-11-28(34)18-22/h4-5,8-11,18-19,21,23,26-27,34H,1-3,6-7,12-17,20H2,(H,31,35)/t23-,26+,27-. The number of phenols is 1. The summed E-state index contributed by atoms with van der Waals surface area (Å²) in [5.74, 6) is 1.05. The van der Waals surface area contributed by atoms with Gasteiger partial charge in [-0.1, -0.05) is 37.5 Å². The number of nitrogens with one attached hydrogen (secondary N) is 1. The number of halogens is 1. The van der Waals surface area contributed by atoms with Crippen LogP contribution < -0.4 is 5.32 Å². The molecular weight excluding hydrogens is 441 g/mol. The van der Waals surface area contributed by atoms with E-state index in [1.807, 2.05) is 17.0 Å². The first-order valence-corrected chi connectivity index (χ1v) is 13.4. The second kappa shape index (κ2) is 11.0. The highest BCUT2D eigenvalue weighted by atomic mass is 19.1. The number of nitrogens with zero attached hydrogens (tertiary/aromatic N) is 2. The molecule has 3 atom stereocenters. The Hall–Kier alpha value is -2.60. The molecule has 2 aromatic rings. The largest absolute Gasteiger partial charge is 0.508 e. The van der Waals surface area contributed by atoms with E-state index in [2.05, 4.69) is 16.3 Å². The summed E-state index contributed by atoms with van der Waals surface area (Å²) in [5, 5.41) is 12.9. The highest BCUT2D eigenvalue weighted by Gasteiger charge is 2.41. The number of aromatic hydroxyl groups is 1. The predicted octanol–water partition coefficient (Wildman–Crippen LogP) is 6.36. The van der Waals surface area contributed by atoms with Crippen molar-refractivity contribution in [1.82, 2.24) is 9.80 Å². The number of fused-ring (bicyclic) bond motifs is 2. The first kappa shape index (κ1) is 24.1. The van der Waals surface area contributed by atoms with E-state index in [0.29, 0.717) is 41.9 Å². The molecule has 5 rings (SSSR count). The fourth-order valence-electron chi connectivity index (χ4n) is 6.65. The van der Waals surface area contributed by atoms with Gasteiger partial charge in [0.25, 0.3) is 0 Å². The number of hydrogen-bond donors (Lipinski definition) is 2. The summed E-state index contributed by atoms with van der Waals surface area (Å²) in [6.45, 7) is 2.35. The third kappa shape index (κ3) is 5.97. The Labute approximate surface area is 208 Å². The van der Waals surface area contributed by atoms with Crippen molar-refractivity contribution in [1.29, 1.82) is 0 Å². The first-order chi connectivity index (χ1) is 17.0. The van der Waals surface area contributed by atoms with E-state index in [1.54, 1.807) is 18.2 Å². The lowest BCUT2D eigenvalue weighted by atomic mass is 9.85. The lowest BCUT2D eigenvalue weighted by molar-refractivity contribution is 0.108. The van der Waals surface area contributed by atoms with Gasteiger partial charge in [-0.2, -0.15) is 0 Å². The lowest BCUT2D eigenvalue weighted by Crippen LogP contribution is -2.48. The van der Waals surface area contributed by atoms with Gasteiger partial charge in [-0.15, -0.1) is 0 Å². The number of carbonyl (C=O) groups is 1. The number of benzene rings is 2. The van der Waals surface area contributed by atoms with E-state index in [4.69, 9.17) is 0 Å². The van der Waals surface area contributed by atoms with Crippen LogP contribution in [0.3, 0.4) is 0 Å². The van der Waals surface area contributed by atoms with E-state index in [0.717, 1.165) is 25.9 Å². The maximum Gasteiger partial charge on any atom is 0.321 e. The van der Waals surface area contributed by atoms with Gasteiger partial charge >= 0.3 is 6.03 Å². The number of urea groups is 1. The van der Waals surface area contributed by atoms with Crippen LogP contribution in [0.1, 0.15) is 69.3 Å². The summed E-state index contributed by atoms with van der Waals surface area (Å²) in [7, 11) is 0. The Morgan fingerprint density at radius 1 is 1.00 bits per heavy atom. The zero-order valence-corrected chi connectivity index (χ0v) is 20.5. The van der Waals surface area contributed by atoms with Gasteiger partial charge in [0.1, 0.15) is 11.6 Å². The Balaban J connectivity index is 1.23. The van der Waals surface area contributed by atoms with Crippen LogP contribution in [-0.4, -0.2) is 52.7 Å². The third-order valence-corrected chi connectivity index (χ3v) is 8.42. The van der Waals surface area contributed by atoms with Crippen LogP contribution in [0, 0.1) is 11.7 Å². The lowest BCUT2D eigenvalue weighted by Gasteiger charge is -2.40. The van der Waals surface area contributed by atoms with Crippen molar-refractivity contribution >= 4 is 11.7 Å². The molecule has 5 nitrogen and oxygen atoms in total. The number of piperidine rings is 1. The van der Waals surface area contributed by atoms with Crippen LogP contribution in [0.15, 0.2) is 48.5 Å². The normalized spacial score (nSPS) is 24.9. The monoisotopic (exact) mass is 479 g/mol. The van der Waals surface area contributed by atoms with Gasteiger partial charge in [0.2, 0.25) is 0 Å². The molecule has 35 heavy (non-hydrogen) atoms. The molecule has 1 saturated carbocycles. The van der Waals surface area contributed by atoms with E-state index >= 15 is 0 Å². The van der Waals surface area contributed by atoms with Gasteiger partial charge < -0.3 is 15.3 Å². The number of phenolic OH excluding ortho intramolecular Hbond substituents is 1.